The van der Waals surface area contributed by atoms with Crippen molar-refractivity contribution >= 4 is 44.3 Å². The zero-order valence-corrected chi connectivity index (χ0v) is 17.5. The Labute approximate surface area is 168 Å². The van der Waals surface area contributed by atoms with E-state index in [1.54, 1.807) is 0 Å². The van der Waals surface area contributed by atoms with Crippen LogP contribution in [0.3, 0.4) is 0 Å². The number of pyridine rings is 1. The van der Waals surface area contributed by atoms with Gasteiger partial charge in [0.05, 0.1) is 27.8 Å². The molecule has 2 N–H and O–H groups in total. The minimum Gasteiger partial charge on any atom is -0.273 e. The van der Waals surface area contributed by atoms with Crippen LogP contribution in [0, 0.1) is 19.8 Å². The van der Waals surface area contributed by atoms with E-state index >= 15 is 0 Å². The third-order valence-corrected chi connectivity index (χ3v) is 7.47. The summed E-state index contributed by atoms with van der Waals surface area (Å²) in [6, 6.07) is 7.97. The molecule has 0 saturated carbocycles. The first-order valence-electron chi connectivity index (χ1n) is 9.01. The summed E-state index contributed by atoms with van der Waals surface area (Å²) in [4.78, 5) is 28.5. The lowest BCUT2D eigenvalue weighted by Crippen LogP contribution is -2.43. The normalized spacial score (nSPS) is 18.1. The van der Waals surface area contributed by atoms with E-state index in [0.29, 0.717) is 6.42 Å². The number of hydrogen-bond donors (Lipinski definition) is 2. The summed E-state index contributed by atoms with van der Waals surface area (Å²) in [5.74, 6) is -0.619. The van der Waals surface area contributed by atoms with E-state index in [2.05, 4.69) is 15.8 Å². The highest BCUT2D eigenvalue weighted by atomic mass is 32.2. The lowest BCUT2D eigenvalue weighted by molar-refractivity contribution is -0.128. The fourth-order valence-electron chi connectivity index (χ4n) is 3.27. The summed E-state index contributed by atoms with van der Waals surface area (Å²) in [6.07, 6.45) is 0.587. The molecule has 9 heteroatoms. The van der Waals surface area contributed by atoms with Crippen LogP contribution in [0.4, 0.5) is 0 Å². The third kappa shape index (κ3) is 5.23. The number of thioether (sulfide) groups is 1. The van der Waals surface area contributed by atoms with Crippen LogP contribution in [-0.4, -0.2) is 42.5 Å². The molecule has 1 atom stereocenters. The van der Waals surface area contributed by atoms with Gasteiger partial charge in [-0.3, -0.25) is 20.4 Å². The van der Waals surface area contributed by atoms with Gasteiger partial charge in [0.15, 0.2) is 9.84 Å². The number of nitrogens with zero attached hydrogens (tertiary/aromatic N) is 1. The number of hydrogen-bond acceptors (Lipinski definition) is 6. The molecule has 0 radical (unpaired) electrons. The molecule has 1 aliphatic heterocycles. The second-order valence-corrected chi connectivity index (χ2v) is 10.3. The molecule has 2 heterocycles. The average Bonchev–Trinajstić information content (AvgIpc) is 2.97. The number of aromatic nitrogens is 1. The number of benzene rings is 1. The van der Waals surface area contributed by atoms with Crippen molar-refractivity contribution in [2.75, 3.05) is 17.3 Å². The van der Waals surface area contributed by atoms with Gasteiger partial charge in [-0.2, -0.15) is 0 Å². The number of aryl methyl sites for hydroxylation is 2. The minimum atomic E-state index is -3.01. The lowest BCUT2D eigenvalue weighted by atomic mass is 10.1. The lowest BCUT2D eigenvalue weighted by Gasteiger charge is -2.10. The van der Waals surface area contributed by atoms with E-state index in [-0.39, 0.29) is 41.4 Å². The molecule has 0 spiro atoms. The number of rotatable bonds is 5. The molecule has 1 fully saturated rings. The number of sulfone groups is 1. The molecule has 28 heavy (non-hydrogen) atoms. The van der Waals surface area contributed by atoms with Gasteiger partial charge in [0.1, 0.15) is 0 Å². The third-order valence-electron chi connectivity index (χ3n) is 4.72. The van der Waals surface area contributed by atoms with Crippen molar-refractivity contribution in [3.8, 4) is 0 Å². The number of fused-ring (bicyclic) bond motifs is 1. The maximum Gasteiger partial charge on any atom is 0.248 e. The zero-order chi connectivity index (χ0) is 20.3. The van der Waals surface area contributed by atoms with Crippen molar-refractivity contribution < 1.29 is 18.0 Å². The number of carbonyl (C=O) groups excluding carboxylic acids is 2. The largest absolute Gasteiger partial charge is 0.273 e. The molecule has 0 aliphatic carbocycles. The molecule has 1 aromatic heterocycles. The van der Waals surface area contributed by atoms with E-state index in [9.17, 15) is 18.0 Å². The summed E-state index contributed by atoms with van der Waals surface area (Å²) < 4.78 is 22.9. The molecule has 7 nitrogen and oxygen atoms in total. The molecule has 1 saturated heterocycles. The van der Waals surface area contributed by atoms with Crippen molar-refractivity contribution in [1.29, 1.82) is 0 Å². The Morgan fingerprint density at radius 2 is 1.93 bits per heavy atom. The first-order chi connectivity index (χ1) is 13.2. The van der Waals surface area contributed by atoms with Crippen molar-refractivity contribution in [2.45, 2.75) is 31.7 Å². The van der Waals surface area contributed by atoms with E-state index < -0.39 is 9.84 Å². The van der Waals surface area contributed by atoms with Crippen molar-refractivity contribution in [3.05, 3.63) is 35.4 Å². The van der Waals surface area contributed by atoms with Crippen molar-refractivity contribution in [3.63, 3.8) is 0 Å². The van der Waals surface area contributed by atoms with Crippen LogP contribution in [0.25, 0.3) is 10.9 Å². The Hall–Kier alpha value is -2.13. The van der Waals surface area contributed by atoms with Crippen molar-refractivity contribution in [2.24, 2.45) is 5.92 Å². The summed E-state index contributed by atoms with van der Waals surface area (Å²) >= 11 is 1.30. The van der Waals surface area contributed by atoms with Gasteiger partial charge < -0.3 is 0 Å². The molecule has 0 unspecified atom stereocenters. The number of amides is 2. The number of nitrogens with one attached hydrogen (secondary N) is 2. The van der Waals surface area contributed by atoms with Crippen LogP contribution in [0.2, 0.25) is 0 Å². The molecule has 3 rings (SSSR count). The molecule has 2 aromatic rings. The van der Waals surface area contributed by atoms with Gasteiger partial charge in [0.25, 0.3) is 0 Å². The number of carbonyl (C=O) groups is 2. The van der Waals surface area contributed by atoms with Gasteiger partial charge in [-0.1, -0.05) is 30.0 Å². The van der Waals surface area contributed by atoms with Crippen LogP contribution < -0.4 is 10.9 Å². The maximum absolute atomic E-state index is 12.0. The highest BCUT2D eigenvalue weighted by Crippen LogP contribution is 2.25. The molecule has 150 valence electrons. The van der Waals surface area contributed by atoms with Gasteiger partial charge in [0, 0.05) is 11.8 Å². The van der Waals surface area contributed by atoms with Crippen LogP contribution in [-0.2, 0) is 19.4 Å². The van der Waals surface area contributed by atoms with Crippen LogP contribution in [0.15, 0.2) is 29.3 Å². The predicted molar refractivity (Wildman–Crippen MR) is 110 cm³/mol. The SMILES string of the molecule is Cc1cc(SCC(=O)NNC(=O)C[C@H]2CCS(=O)(=O)C2)nc2c(C)cccc12. The highest BCUT2D eigenvalue weighted by Gasteiger charge is 2.29. The van der Waals surface area contributed by atoms with Gasteiger partial charge in [-0.15, -0.1) is 0 Å². The van der Waals surface area contributed by atoms with E-state index in [4.69, 9.17) is 0 Å². The van der Waals surface area contributed by atoms with E-state index in [1.807, 2.05) is 38.1 Å². The Morgan fingerprint density at radius 1 is 1.18 bits per heavy atom. The molecular weight excluding hydrogens is 398 g/mol. The first-order valence-corrected chi connectivity index (χ1v) is 11.8. The minimum absolute atomic E-state index is 0.0383. The van der Waals surface area contributed by atoms with E-state index in [1.165, 1.54) is 11.8 Å². The van der Waals surface area contributed by atoms with Crippen LogP contribution >= 0.6 is 11.8 Å². The number of hydrazine groups is 1. The molecule has 1 aromatic carbocycles. The standard InChI is InChI=1S/C19H23N3O4S2/c1-12-4-3-5-15-13(2)8-18(20-19(12)15)27-10-17(24)22-21-16(23)9-14-6-7-28(25,26)11-14/h3-5,8,14H,6-7,9-11H2,1-2H3,(H,21,23)(H,22,24)/t14-/m1/s1. The summed E-state index contributed by atoms with van der Waals surface area (Å²) in [6.45, 7) is 4.01. The highest BCUT2D eigenvalue weighted by molar-refractivity contribution is 7.99. The number of para-hydroxylation sites is 1. The maximum atomic E-state index is 12.0. The van der Waals surface area contributed by atoms with E-state index in [0.717, 1.165) is 27.1 Å². The fourth-order valence-corrected chi connectivity index (χ4v) is 5.90. The second kappa shape index (κ2) is 8.48. The summed E-state index contributed by atoms with van der Waals surface area (Å²) in [5, 5.41) is 1.84. The Balaban J connectivity index is 1.49. The fraction of sp³-hybridized carbons (Fsp3) is 0.421. The smallest absolute Gasteiger partial charge is 0.248 e. The quantitative estimate of drug-likeness (QED) is 0.564. The molecule has 1 aliphatic rings. The van der Waals surface area contributed by atoms with Gasteiger partial charge >= 0.3 is 0 Å². The Bertz CT molecular complexity index is 1020. The molecule has 0 bridgehead atoms. The van der Waals surface area contributed by atoms with Gasteiger partial charge in [0.2, 0.25) is 11.8 Å². The van der Waals surface area contributed by atoms with Gasteiger partial charge in [-0.05, 0) is 43.4 Å². The first kappa shape index (κ1) is 20.6. The Morgan fingerprint density at radius 3 is 2.64 bits per heavy atom. The predicted octanol–water partition coefficient (Wildman–Crippen LogP) is 1.92. The molecular formula is C19H23N3O4S2. The van der Waals surface area contributed by atoms with Crippen LogP contribution in [0.5, 0.6) is 0 Å². The Kier molecular flexibility index (Phi) is 6.24. The van der Waals surface area contributed by atoms with Gasteiger partial charge in [-0.25, -0.2) is 13.4 Å². The van der Waals surface area contributed by atoms with Crippen LogP contribution in [0.1, 0.15) is 24.0 Å². The second-order valence-electron chi connectivity index (χ2n) is 7.11. The summed E-state index contributed by atoms with van der Waals surface area (Å²) in [7, 11) is -3.01. The summed E-state index contributed by atoms with van der Waals surface area (Å²) in [5.41, 5.74) is 7.82. The zero-order valence-electron chi connectivity index (χ0n) is 15.8. The van der Waals surface area contributed by atoms with Crippen molar-refractivity contribution in [1.82, 2.24) is 15.8 Å². The monoisotopic (exact) mass is 421 g/mol. The molecule has 2 amide bonds. The topological polar surface area (TPSA) is 105 Å². The average molecular weight is 422 g/mol.